The Morgan fingerprint density at radius 1 is 1.22 bits per heavy atom. The fraction of sp³-hybridized carbons (Fsp3) is 0.522. The molecule has 0 N–H and O–H groups in total. The summed E-state index contributed by atoms with van der Waals surface area (Å²) in [5.74, 6) is 7.32. The van der Waals surface area contributed by atoms with Crippen LogP contribution < -0.4 is 0 Å². The number of aromatic nitrogens is 1. The van der Waals surface area contributed by atoms with E-state index in [1.54, 1.807) is 11.3 Å². The molecule has 3 nitrogen and oxygen atoms in total. The summed E-state index contributed by atoms with van der Waals surface area (Å²) in [6.07, 6.45) is 6.53. The highest BCUT2D eigenvalue weighted by Gasteiger charge is 2.46. The van der Waals surface area contributed by atoms with E-state index in [0.29, 0.717) is 11.3 Å². The van der Waals surface area contributed by atoms with Gasteiger partial charge in [-0.2, -0.15) is 0 Å². The predicted octanol–water partition coefficient (Wildman–Crippen LogP) is 4.50. The van der Waals surface area contributed by atoms with Gasteiger partial charge in [0.1, 0.15) is 0 Å². The van der Waals surface area contributed by atoms with E-state index in [2.05, 4.69) is 42.3 Å². The van der Waals surface area contributed by atoms with Crippen molar-refractivity contribution in [2.24, 2.45) is 11.3 Å². The molecule has 2 saturated carbocycles. The van der Waals surface area contributed by atoms with Crippen molar-refractivity contribution in [3.8, 4) is 11.8 Å². The SMILES string of the molecule is Cc1ccc(C#CC2CC2)cc1Cc1nc(CC2OCC3(CC3)CO2)cs1. The van der Waals surface area contributed by atoms with Gasteiger partial charge in [-0.15, -0.1) is 11.3 Å². The van der Waals surface area contributed by atoms with Crippen LogP contribution in [0.4, 0.5) is 0 Å². The van der Waals surface area contributed by atoms with Crippen LogP contribution in [0.5, 0.6) is 0 Å². The molecule has 2 heterocycles. The van der Waals surface area contributed by atoms with Crippen molar-refractivity contribution in [3.05, 3.63) is 51.0 Å². The molecule has 1 aromatic carbocycles. The van der Waals surface area contributed by atoms with Gasteiger partial charge < -0.3 is 9.47 Å². The van der Waals surface area contributed by atoms with Crippen LogP contribution >= 0.6 is 11.3 Å². The zero-order chi connectivity index (χ0) is 18.3. The third-order valence-corrected chi connectivity index (χ3v) is 6.67. The number of aryl methyl sites for hydroxylation is 1. The van der Waals surface area contributed by atoms with Crippen molar-refractivity contribution in [2.45, 2.75) is 51.7 Å². The zero-order valence-electron chi connectivity index (χ0n) is 15.8. The fourth-order valence-electron chi connectivity index (χ4n) is 3.42. The smallest absolute Gasteiger partial charge is 0.163 e. The number of hydrogen-bond donors (Lipinski definition) is 0. The topological polar surface area (TPSA) is 31.4 Å². The monoisotopic (exact) mass is 379 g/mol. The maximum Gasteiger partial charge on any atom is 0.163 e. The fourth-order valence-corrected chi connectivity index (χ4v) is 4.25. The molecule has 4 heteroatoms. The molecule has 0 atom stereocenters. The van der Waals surface area contributed by atoms with Gasteiger partial charge in [0.2, 0.25) is 0 Å². The molecule has 1 spiro atoms. The van der Waals surface area contributed by atoms with Crippen molar-refractivity contribution in [1.82, 2.24) is 4.98 Å². The summed E-state index contributed by atoms with van der Waals surface area (Å²) in [4.78, 5) is 4.83. The Hall–Kier alpha value is -1.67. The summed E-state index contributed by atoms with van der Waals surface area (Å²) in [6.45, 7) is 3.87. The molecular weight excluding hydrogens is 354 g/mol. The molecule has 140 valence electrons. The minimum atomic E-state index is -0.131. The van der Waals surface area contributed by atoms with Gasteiger partial charge in [0.05, 0.1) is 23.9 Å². The molecule has 3 fully saturated rings. The minimum Gasteiger partial charge on any atom is -0.352 e. The number of ether oxygens (including phenoxy) is 2. The van der Waals surface area contributed by atoms with Gasteiger partial charge in [-0.25, -0.2) is 4.98 Å². The molecule has 1 aliphatic heterocycles. The Morgan fingerprint density at radius 3 is 2.78 bits per heavy atom. The van der Waals surface area contributed by atoms with Crippen molar-refractivity contribution in [1.29, 1.82) is 0 Å². The lowest BCUT2D eigenvalue weighted by Crippen LogP contribution is -2.34. The Labute approximate surface area is 165 Å². The van der Waals surface area contributed by atoms with E-state index in [0.717, 1.165) is 42.3 Å². The largest absolute Gasteiger partial charge is 0.352 e. The van der Waals surface area contributed by atoms with E-state index in [1.165, 1.54) is 36.8 Å². The van der Waals surface area contributed by atoms with Gasteiger partial charge in [-0.1, -0.05) is 17.9 Å². The van der Waals surface area contributed by atoms with Crippen molar-refractivity contribution in [2.75, 3.05) is 13.2 Å². The summed E-state index contributed by atoms with van der Waals surface area (Å²) in [7, 11) is 0. The Balaban J connectivity index is 1.22. The average Bonchev–Trinajstić information content (AvgIpc) is 3.60. The molecule has 27 heavy (non-hydrogen) atoms. The Bertz CT molecular complexity index is 889. The summed E-state index contributed by atoms with van der Waals surface area (Å²) in [5, 5.41) is 3.30. The molecule has 0 amide bonds. The second-order valence-electron chi connectivity index (χ2n) is 8.35. The molecule has 2 aliphatic carbocycles. The van der Waals surface area contributed by atoms with E-state index in [9.17, 15) is 0 Å². The van der Waals surface area contributed by atoms with Crippen LogP contribution in [0.3, 0.4) is 0 Å². The van der Waals surface area contributed by atoms with Gasteiger partial charge in [0, 0.05) is 35.1 Å². The normalized spacial score (nSPS) is 21.1. The van der Waals surface area contributed by atoms with Gasteiger partial charge >= 0.3 is 0 Å². The van der Waals surface area contributed by atoms with E-state index in [4.69, 9.17) is 14.5 Å². The summed E-state index contributed by atoms with van der Waals surface area (Å²) in [6, 6.07) is 6.54. The highest BCUT2D eigenvalue weighted by Crippen LogP contribution is 2.48. The van der Waals surface area contributed by atoms with E-state index in [1.807, 2.05) is 0 Å². The Morgan fingerprint density at radius 2 is 2.04 bits per heavy atom. The first kappa shape index (κ1) is 17.4. The van der Waals surface area contributed by atoms with Crippen molar-refractivity contribution >= 4 is 11.3 Å². The van der Waals surface area contributed by atoms with Crippen molar-refractivity contribution in [3.63, 3.8) is 0 Å². The van der Waals surface area contributed by atoms with Crippen molar-refractivity contribution < 1.29 is 9.47 Å². The van der Waals surface area contributed by atoms with Crippen LogP contribution in [0.25, 0.3) is 0 Å². The molecule has 5 rings (SSSR count). The highest BCUT2D eigenvalue weighted by atomic mass is 32.1. The third kappa shape index (κ3) is 4.27. The van der Waals surface area contributed by atoms with Gasteiger partial charge in [-0.3, -0.25) is 0 Å². The van der Waals surface area contributed by atoms with Gasteiger partial charge in [-0.05, 0) is 55.9 Å². The lowest BCUT2D eigenvalue weighted by atomic mass is 10.0. The quantitative estimate of drug-likeness (QED) is 0.733. The standard InChI is InChI=1S/C23H25NO2S/c1-16-2-3-18(7-6-17-4-5-17)10-19(16)11-21-24-20(13-27-21)12-22-25-14-23(8-9-23)15-26-22/h2-3,10,13,17,22H,4-5,8-9,11-12,14-15H2,1H3. The molecule has 2 aromatic rings. The first-order valence-corrected chi connectivity index (χ1v) is 10.8. The van der Waals surface area contributed by atoms with Gasteiger partial charge in [0.15, 0.2) is 6.29 Å². The van der Waals surface area contributed by atoms with E-state index >= 15 is 0 Å². The molecule has 3 aliphatic rings. The summed E-state index contributed by atoms with van der Waals surface area (Å²) < 4.78 is 11.8. The lowest BCUT2D eigenvalue weighted by Gasteiger charge is -2.28. The van der Waals surface area contributed by atoms with Crippen LogP contribution in [0.2, 0.25) is 0 Å². The molecule has 0 radical (unpaired) electrons. The second-order valence-corrected chi connectivity index (χ2v) is 9.29. The van der Waals surface area contributed by atoms with Crippen LogP contribution in [0.1, 0.15) is 53.1 Å². The number of nitrogens with zero attached hydrogens (tertiary/aromatic N) is 1. The van der Waals surface area contributed by atoms with Gasteiger partial charge in [0.25, 0.3) is 0 Å². The van der Waals surface area contributed by atoms with Crippen LogP contribution in [0.15, 0.2) is 23.6 Å². The highest BCUT2D eigenvalue weighted by molar-refractivity contribution is 7.09. The zero-order valence-corrected chi connectivity index (χ0v) is 16.6. The molecule has 0 bridgehead atoms. The third-order valence-electron chi connectivity index (χ3n) is 5.77. The Kier molecular flexibility index (Phi) is 4.55. The molecule has 1 aromatic heterocycles. The van der Waals surface area contributed by atoms with Crippen LogP contribution in [0, 0.1) is 30.1 Å². The summed E-state index contributed by atoms with van der Waals surface area (Å²) >= 11 is 1.73. The maximum absolute atomic E-state index is 5.90. The number of thiazole rings is 1. The summed E-state index contributed by atoms with van der Waals surface area (Å²) in [5.41, 5.74) is 5.18. The minimum absolute atomic E-state index is 0.131. The van der Waals surface area contributed by atoms with Crippen LogP contribution in [-0.4, -0.2) is 24.5 Å². The first-order chi connectivity index (χ1) is 13.2. The first-order valence-electron chi connectivity index (χ1n) is 9.95. The lowest BCUT2D eigenvalue weighted by molar-refractivity contribution is -0.206. The van der Waals surface area contributed by atoms with E-state index in [-0.39, 0.29) is 6.29 Å². The predicted molar refractivity (Wildman–Crippen MR) is 107 cm³/mol. The number of benzene rings is 1. The molecule has 0 unspecified atom stereocenters. The number of hydrogen-bond acceptors (Lipinski definition) is 4. The molecular formula is C23H25NO2S. The van der Waals surface area contributed by atoms with Crippen LogP contribution in [-0.2, 0) is 22.3 Å². The average molecular weight is 380 g/mol. The maximum atomic E-state index is 5.90. The van der Waals surface area contributed by atoms with E-state index < -0.39 is 0 Å². The molecule has 1 saturated heterocycles. The number of rotatable bonds is 4. The second kappa shape index (κ2) is 7.05.